The molecule has 0 unspecified atom stereocenters. The number of amides is 1. The Labute approximate surface area is 138 Å². The van der Waals surface area contributed by atoms with Crippen molar-refractivity contribution in [2.45, 2.75) is 45.3 Å². The van der Waals surface area contributed by atoms with E-state index in [1.54, 1.807) is 12.0 Å². The second-order valence-corrected chi connectivity index (χ2v) is 6.17. The quantitative estimate of drug-likeness (QED) is 0.781. The Kier molecular flexibility index (Phi) is 6.42. The monoisotopic (exact) mass is 321 g/mol. The largest absolute Gasteiger partial charge is 0.494 e. The molecule has 0 aromatic heterocycles. The van der Waals surface area contributed by atoms with E-state index in [-0.39, 0.29) is 24.7 Å². The fourth-order valence-electron chi connectivity index (χ4n) is 2.88. The van der Waals surface area contributed by atoms with Crippen LogP contribution in [0.2, 0.25) is 0 Å². The van der Waals surface area contributed by atoms with Gasteiger partial charge in [0.05, 0.1) is 25.4 Å². The number of carbonyl (C=O) groups excluding carboxylic acids is 1. The van der Waals surface area contributed by atoms with Crippen LogP contribution in [-0.2, 0) is 9.53 Å². The van der Waals surface area contributed by atoms with Gasteiger partial charge in [0, 0.05) is 20.1 Å². The molecule has 1 aromatic rings. The molecular formula is C18H27NO4. The molecule has 1 heterocycles. The number of likely N-dealkylation sites (tertiary alicyclic amines) is 1. The third-order valence-electron chi connectivity index (χ3n) is 4.52. The van der Waals surface area contributed by atoms with Gasteiger partial charge in [0.25, 0.3) is 0 Å². The van der Waals surface area contributed by atoms with Gasteiger partial charge in [-0.3, -0.25) is 4.79 Å². The van der Waals surface area contributed by atoms with Crippen LogP contribution >= 0.6 is 0 Å². The van der Waals surface area contributed by atoms with Crippen LogP contribution in [-0.4, -0.2) is 54.9 Å². The predicted octanol–water partition coefficient (Wildman–Crippen LogP) is 2.07. The Balaban J connectivity index is 1.75. The minimum absolute atomic E-state index is 0.00918. The van der Waals surface area contributed by atoms with Crippen LogP contribution in [0.5, 0.6) is 5.75 Å². The molecule has 0 saturated carbocycles. The zero-order valence-corrected chi connectivity index (χ0v) is 14.2. The summed E-state index contributed by atoms with van der Waals surface area (Å²) in [5, 5.41) is 9.39. The SMILES string of the molecule is CO[C@@H]1C[C@@H](CO)N(C(=O)CCCOc2ccc(C)c(C)c2)C1. The van der Waals surface area contributed by atoms with E-state index in [2.05, 4.69) is 13.8 Å². The molecule has 1 aliphatic rings. The van der Waals surface area contributed by atoms with E-state index in [0.29, 0.717) is 32.4 Å². The highest BCUT2D eigenvalue weighted by Gasteiger charge is 2.34. The number of aliphatic hydroxyl groups is 1. The summed E-state index contributed by atoms with van der Waals surface area (Å²) in [5.74, 6) is 0.904. The van der Waals surface area contributed by atoms with E-state index in [9.17, 15) is 9.90 Å². The van der Waals surface area contributed by atoms with Crippen LogP contribution < -0.4 is 4.74 Å². The molecule has 5 nitrogen and oxygen atoms in total. The summed E-state index contributed by atoms with van der Waals surface area (Å²) in [5.41, 5.74) is 2.44. The van der Waals surface area contributed by atoms with Crippen molar-refractivity contribution in [3.8, 4) is 5.75 Å². The highest BCUT2D eigenvalue weighted by molar-refractivity contribution is 5.77. The lowest BCUT2D eigenvalue weighted by molar-refractivity contribution is -0.133. The van der Waals surface area contributed by atoms with Gasteiger partial charge in [-0.25, -0.2) is 0 Å². The molecular weight excluding hydrogens is 294 g/mol. The standard InChI is InChI=1S/C18H27NO4/c1-13-6-7-16(9-14(13)2)23-8-4-5-18(21)19-11-17(22-3)10-15(19)12-20/h6-7,9,15,17,20H,4-5,8,10-12H2,1-3H3/t15-,17+/m0/s1. The molecule has 0 aliphatic carbocycles. The molecule has 5 heteroatoms. The molecule has 2 rings (SSSR count). The van der Waals surface area contributed by atoms with Gasteiger partial charge < -0.3 is 19.5 Å². The maximum Gasteiger partial charge on any atom is 0.223 e. The molecule has 23 heavy (non-hydrogen) atoms. The molecule has 1 saturated heterocycles. The van der Waals surface area contributed by atoms with Crippen LogP contribution in [0.1, 0.15) is 30.4 Å². The number of rotatable bonds is 7. The number of nitrogens with zero attached hydrogens (tertiary/aromatic N) is 1. The Morgan fingerprint density at radius 1 is 1.35 bits per heavy atom. The zero-order chi connectivity index (χ0) is 16.8. The minimum atomic E-state index is -0.117. The Morgan fingerprint density at radius 2 is 2.13 bits per heavy atom. The first-order valence-electron chi connectivity index (χ1n) is 8.18. The first-order valence-corrected chi connectivity index (χ1v) is 8.18. The Bertz CT molecular complexity index is 532. The lowest BCUT2D eigenvalue weighted by atomic mass is 10.1. The van der Waals surface area contributed by atoms with E-state index in [0.717, 1.165) is 5.75 Å². The first-order chi connectivity index (χ1) is 11.0. The first kappa shape index (κ1) is 17.8. The average molecular weight is 321 g/mol. The summed E-state index contributed by atoms with van der Waals surface area (Å²) < 4.78 is 11.0. The van der Waals surface area contributed by atoms with Crippen LogP contribution in [0.3, 0.4) is 0 Å². The van der Waals surface area contributed by atoms with Crippen molar-refractivity contribution in [1.82, 2.24) is 4.90 Å². The molecule has 0 bridgehead atoms. The van der Waals surface area contributed by atoms with Crippen LogP contribution in [0.4, 0.5) is 0 Å². The van der Waals surface area contributed by atoms with Crippen molar-refractivity contribution in [3.63, 3.8) is 0 Å². The third kappa shape index (κ3) is 4.69. The van der Waals surface area contributed by atoms with Gasteiger partial charge in [-0.2, -0.15) is 0 Å². The maximum atomic E-state index is 12.3. The summed E-state index contributed by atoms with van der Waals surface area (Å²) in [6, 6.07) is 5.89. The van der Waals surface area contributed by atoms with Crippen molar-refractivity contribution in [3.05, 3.63) is 29.3 Å². The molecule has 1 fully saturated rings. The number of carbonyl (C=O) groups is 1. The van der Waals surface area contributed by atoms with Crippen molar-refractivity contribution < 1.29 is 19.4 Å². The Morgan fingerprint density at radius 3 is 2.78 bits per heavy atom. The van der Waals surface area contributed by atoms with Crippen LogP contribution in [0, 0.1) is 13.8 Å². The van der Waals surface area contributed by atoms with E-state index in [1.807, 2.05) is 18.2 Å². The summed E-state index contributed by atoms with van der Waals surface area (Å²) in [6.45, 7) is 5.20. The summed E-state index contributed by atoms with van der Waals surface area (Å²) in [4.78, 5) is 14.0. The predicted molar refractivity (Wildman–Crippen MR) is 88.6 cm³/mol. The fraction of sp³-hybridized carbons (Fsp3) is 0.611. The lowest BCUT2D eigenvalue weighted by Gasteiger charge is -2.22. The summed E-state index contributed by atoms with van der Waals surface area (Å²) >= 11 is 0. The van der Waals surface area contributed by atoms with Gasteiger partial charge >= 0.3 is 0 Å². The second kappa shape index (κ2) is 8.31. The molecule has 0 spiro atoms. The van der Waals surface area contributed by atoms with Gasteiger partial charge in [0.2, 0.25) is 5.91 Å². The molecule has 1 aliphatic heterocycles. The average Bonchev–Trinajstić information content (AvgIpc) is 2.98. The topological polar surface area (TPSA) is 59.0 Å². The smallest absolute Gasteiger partial charge is 0.223 e. The number of ether oxygens (including phenoxy) is 2. The van der Waals surface area contributed by atoms with Crippen molar-refractivity contribution >= 4 is 5.91 Å². The Hall–Kier alpha value is -1.59. The van der Waals surface area contributed by atoms with Crippen molar-refractivity contribution in [2.75, 3.05) is 26.9 Å². The fourth-order valence-corrected chi connectivity index (χ4v) is 2.88. The lowest BCUT2D eigenvalue weighted by Crippen LogP contribution is -2.38. The van der Waals surface area contributed by atoms with Gasteiger partial charge in [-0.15, -0.1) is 0 Å². The number of aliphatic hydroxyl groups excluding tert-OH is 1. The van der Waals surface area contributed by atoms with Gasteiger partial charge in [-0.1, -0.05) is 6.07 Å². The summed E-state index contributed by atoms with van der Waals surface area (Å²) in [6.07, 6.45) is 1.83. The highest BCUT2D eigenvalue weighted by Crippen LogP contribution is 2.21. The van der Waals surface area contributed by atoms with E-state index in [4.69, 9.17) is 9.47 Å². The molecule has 128 valence electrons. The van der Waals surface area contributed by atoms with Crippen LogP contribution in [0.15, 0.2) is 18.2 Å². The molecule has 0 radical (unpaired) electrons. The van der Waals surface area contributed by atoms with Gasteiger partial charge in [0.1, 0.15) is 5.75 Å². The molecule has 1 N–H and O–H groups in total. The molecule has 1 aromatic carbocycles. The highest BCUT2D eigenvalue weighted by atomic mass is 16.5. The number of methoxy groups -OCH3 is 1. The van der Waals surface area contributed by atoms with E-state index >= 15 is 0 Å². The van der Waals surface area contributed by atoms with Crippen molar-refractivity contribution in [1.29, 1.82) is 0 Å². The second-order valence-electron chi connectivity index (χ2n) is 6.17. The number of benzene rings is 1. The minimum Gasteiger partial charge on any atom is -0.494 e. The molecule has 2 atom stereocenters. The zero-order valence-electron chi connectivity index (χ0n) is 14.2. The normalized spacial score (nSPS) is 20.8. The molecule has 1 amide bonds. The van der Waals surface area contributed by atoms with E-state index in [1.165, 1.54) is 11.1 Å². The third-order valence-corrected chi connectivity index (χ3v) is 4.52. The van der Waals surface area contributed by atoms with E-state index < -0.39 is 0 Å². The van der Waals surface area contributed by atoms with Crippen LogP contribution in [0.25, 0.3) is 0 Å². The number of hydrogen-bond acceptors (Lipinski definition) is 4. The van der Waals surface area contributed by atoms with Gasteiger partial charge in [-0.05, 0) is 49.9 Å². The number of aryl methyl sites for hydroxylation is 2. The number of hydrogen-bond donors (Lipinski definition) is 1. The summed E-state index contributed by atoms with van der Waals surface area (Å²) in [7, 11) is 1.64. The van der Waals surface area contributed by atoms with Crippen molar-refractivity contribution in [2.24, 2.45) is 0 Å². The van der Waals surface area contributed by atoms with Gasteiger partial charge in [0.15, 0.2) is 0 Å². The maximum absolute atomic E-state index is 12.3.